The molecule has 5 heteroatoms. The minimum atomic E-state index is -0.362. The van der Waals surface area contributed by atoms with Crippen LogP contribution in [0.15, 0.2) is 54.6 Å². The second kappa shape index (κ2) is 8.72. The van der Waals surface area contributed by atoms with Crippen LogP contribution in [0.2, 0.25) is 0 Å². The van der Waals surface area contributed by atoms with Crippen LogP contribution in [-0.2, 0) is 4.79 Å². The molecule has 0 aliphatic heterocycles. The third-order valence-electron chi connectivity index (χ3n) is 3.60. The Morgan fingerprint density at radius 1 is 1.00 bits per heavy atom. The molecule has 0 aromatic heterocycles. The van der Waals surface area contributed by atoms with Gasteiger partial charge in [0.1, 0.15) is 5.75 Å². The van der Waals surface area contributed by atoms with Gasteiger partial charge in [0.15, 0.2) is 0 Å². The Kier molecular flexibility index (Phi) is 6.37. The molecule has 0 fully saturated rings. The molecular weight excluding hydrogens is 304 g/mol. The zero-order chi connectivity index (χ0) is 17.4. The van der Waals surface area contributed by atoms with Crippen LogP contribution in [0.1, 0.15) is 42.1 Å². The van der Waals surface area contributed by atoms with Crippen molar-refractivity contribution in [3.05, 3.63) is 65.7 Å². The molecule has 0 saturated carbocycles. The zero-order valence-electron chi connectivity index (χ0n) is 13.9. The molecule has 2 aromatic rings. The largest absolute Gasteiger partial charge is 0.494 e. The van der Waals surface area contributed by atoms with E-state index in [0.717, 1.165) is 5.56 Å². The highest BCUT2D eigenvalue weighted by Crippen LogP contribution is 2.18. The maximum Gasteiger partial charge on any atom is 0.269 e. The van der Waals surface area contributed by atoms with Crippen LogP contribution in [-0.4, -0.2) is 18.4 Å². The molecule has 0 spiro atoms. The van der Waals surface area contributed by atoms with Gasteiger partial charge in [-0.05, 0) is 42.7 Å². The SMILES string of the molecule is CCOc1ccc(C(=O)NNC(=O)CC(C)c2ccccc2)cc1. The Labute approximate surface area is 142 Å². The van der Waals surface area contributed by atoms with Gasteiger partial charge in [-0.1, -0.05) is 37.3 Å². The third kappa shape index (κ3) is 5.12. The molecular formula is C19H22N2O3. The molecule has 0 aliphatic carbocycles. The van der Waals surface area contributed by atoms with Crippen LogP contribution in [0, 0.1) is 0 Å². The first-order chi connectivity index (χ1) is 11.6. The summed E-state index contributed by atoms with van der Waals surface area (Å²) in [6.45, 7) is 4.44. The molecule has 126 valence electrons. The fourth-order valence-corrected chi connectivity index (χ4v) is 2.30. The van der Waals surface area contributed by atoms with Gasteiger partial charge in [0.2, 0.25) is 5.91 Å². The number of ether oxygens (including phenoxy) is 1. The number of carbonyl (C=O) groups excluding carboxylic acids is 2. The fourth-order valence-electron chi connectivity index (χ4n) is 2.30. The summed E-state index contributed by atoms with van der Waals surface area (Å²) >= 11 is 0. The average molecular weight is 326 g/mol. The highest BCUT2D eigenvalue weighted by molar-refractivity contribution is 5.95. The molecule has 2 rings (SSSR count). The maximum atomic E-state index is 12.0. The van der Waals surface area contributed by atoms with Crippen molar-refractivity contribution in [2.45, 2.75) is 26.2 Å². The van der Waals surface area contributed by atoms with E-state index in [1.807, 2.05) is 44.2 Å². The summed E-state index contributed by atoms with van der Waals surface area (Å²) in [6, 6.07) is 16.5. The molecule has 2 N–H and O–H groups in total. The summed E-state index contributed by atoms with van der Waals surface area (Å²) in [6.07, 6.45) is 0.299. The molecule has 24 heavy (non-hydrogen) atoms. The van der Waals surface area contributed by atoms with E-state index in [1.54, 1.807) is 24.3 Å². The lowest BCUT2D eigenvalue weighted by Gasteiger charge is -2.12. The molecule has 5 nitrogen and oxygen atoms in total. The number of carbonyl (C=O) groups is 2. The highest BCUT2D eigenvalue weighted by atomic mass is 16.5. The van der Waals surface area contributed by atoms with Crippen molar-refractivity contribution >= 4 is 11.8 Å². The molecule has 0 heterocycles. The first kappa shape index (κ1) is 17.5. The lowest BCUT2D eigenvalue weighted by atomic mass is 9.98. The summed E-state index contributed by atoms with van der Waals surface area (Å²) < 4.78 is 5.32. The zero-order valence-corrected chi connectivity index (χ0v) is 13.9. The summed E-state index contributed by atoms with van der Waals surface area (Å²) in [5.74, 6) is 0.188. The summed E-state index contributed by atoms with van der Waals surface area (Å²) in [4.78, 5) is 24.0. The van der Waals surface area contributed by atoms with Crippen molar-refractivity contribution in [1.82, 2.24) is 10.9 Å². The highest BCUT2D eigenvalue weighted by Gasteiger charge is 2.12. The number of hydrogen-bond acceptors (Lipinski definition) is 3. The van der Waals surface area contributed by atoms with E-state index in [9.17, 15) is 9.59 Å². The van der Waals surface area contributed by atoms with E-state index in [0.29, 0.717) is 24.3 Å². The van der Waals surface area contributed by atoms with E-state index in [-0.39, 0.29) is 17.7 Å². The number of rotatable bonds is 6. The van der Waals surface area contributed by atoms with Crippen molar-refractivity contribution in [3.8, 4) is 5.75 Å². The molecule has 2 amide bonds. The van der Waals surface area contributed by atoms with Crippen LogP contribution < -0.4 is 15.6 Å². The van der Waals surface area contributed by atoms with Crippen LogP contribution >= 0.6 is 0 Å². The minimum Gasteiger partial charge on any atom is -0.494 e. The van der Waals surface area contributed by atoms with Gasteiger partial charge in [0.05, 0.1) is 6.61 Å². The Balaban J connectivity index is 1.81. The van der Waals surface area contributed by atoms with Crippen LogP contribution in [0.4, 0.5) is 0 Å². The monoisotopic (exact) mass is 326 g/mol. The minimum absolute atomic E-state index is 0.0774. The Morgan fingerprint density at radius 2 is 1.67 bits per heavy atom. The van der Waals surface area contributed by atoms with E-state index in [4.69, 9.17) is 4.74 Å². The lowest BCUT2D eigenvalue weighted by molar-refractivity contribution is -0.122. The second-order valence-electron chi connectivity index (χ2n) is 5.48. The van der Waals surface area contributed by atoms with Gasteiger partial charge in [-0.3, -0.25) is 20.4 Å². The second-order valence-corrected chi connectivity index (χ2v) is 5.48. The number of nitrogens with one attached hydrogen (secondary N) is 2. The molecule has 2 aromatic carbocycles. The van der Waals surface area contributed by atoms with Gasteiger partial charge in [-0.15, -0.1) is 0 Å². The number of benzene rings is 2. The number of hydrogen-bond donors (Lipinski definition) is 2. The van der Waals surface area contributed by atoms with Gasteiger partial charge in [0.25, 0.3) is 5.91 Å². The van der Waals surface area contributed by atoms with Crippen molar-refractivity contribution in [1.29, 1.82) is 0 Å². The van der Waals surface area contributed by atoms with Crippen molar-refractivity contribution in [3.63, 3.8) is 0 Å². The topological polar surface area (TPSA) is 67.4 Å². The normalized spacial score (nSPS) is 11.4. The van der Waals surface area contributed by atoms with Crippen molar-refractivity contribution in [2.75, 3.05) is 6.61 Å². The number of amides is 2. The quantitative estimate of drug-likeness (QED) is 0.802. The van der Waals surface area contributed by atoms with Crippen LogP contribution in [0.25, 0.3) is 0 Å². The average Bonchev–Trinajstić information content (AvgIpc) is 2.61. The Bertz CT molecular complexity index is 669. The van der Waals surface area contributed by atoms with Gasteiger partial charge in [0, 0.05) is 12.0 Å². The van der Waals surface area contributed by atoms with Gasteiger partial charge in [-0.25, -0.2) is 0 Å². The fraction of sp³-hybridized carbons (Fsp3) is 0.263. The Morgan fingerprint density at radius 3 is 2.29 bits per heavy atom. The third-order valence-corrected chi connectivity index (χ3v) is 3.60. The lowest BCUT2D eigenvalue weighted by Crippen LogP contribution is -2.41. The number of hydrazine groups is 1. The predicted molar refractivity (Wildman–Crippen MR) is 92.7 cm³/mol. The van der Waals surface area contributed by atoms with Gasteiger partial charge >= 0.3 is 0 Å². The van der Waals surface area contributed by atoms with E-state index in [2.05, 4.69) is 10.9 Å². The summed E-state index contributed by atoms with van der Waals surface area (Å²) in [7, 11) is 0. The van der Waals surface area contributed by atoms with Crippen molar-refractivity contribution < 1.29 is 14.3 Å². The van der Waals surface area contributed by atoms with E-state index >= 15 is 0 Å². The smallest absolute Gasteiger partial charge is 0.269 e. The van der Waals surface area contributed by atoms with Gasteiger partial charge in [-0.2, -0.15) is 0 Å². The molecule has 0 bridgehead atoms. The molecule has 0 radical (unpaired) electrons. The van der Waals surface area contributed by atoms with E-state index < -0.39 is 0 Å². The van der Waals surface area contributed by atoms with E-state index in [1.165, 1.54) is 0 Å². The molecule has 1 unspecified atom stereocenters. The first-order valence-electron chi connectivity index (χ1n) is 7.97. The Hall–Kier alpha value is -2.82. The molecule has 0 aliphatic rings. The van der Waals surface area contributed by atoms with Crippen molar-refractivity contribution in [2.24, 2.45) is 0 Å². The first-order valence-corrected chi connectivity index (χ1v) is 7.97. The summed E-state index contributed by atoms with van der Waals surface area (Å²) in [5.41, 5.74) is 6.42. The summed E-state index contributed by atoms with van der Waals surface area (Å²) in [5, 5.41) is 0. The van der Waals surface area contributed by atoms with Gasteiger partial charge < -0.3 is 4.74 Å². The van der Waals surface area contributed by atoms with Crippen LogP contribution in [0.5, 0.6) is 5.75 Å². The van der Waals surface area contributed by atoms with Crippen LogP contribution in [0.3, 0.4) is 0 Å². The maximum absolute atomic E-state index is 12.0. The standard InChI is InChI=1S/C19H22N2O3/c1-3-24-17-11-9-16(10-12-17)19(23)21-20-18(22)13-14(2)15-7-5-4-6-8-15/h4-12,14H,3,13H2,1-2H3,(H,20,22)(H,21,23). The molecule has 0 saturated heterocycles. The predicted octanol–water partition coefficient (Wildman–Crippen LogP) is 3.04. The molecule has 1 atom stereocenters.